The summed E-state index contributed by atoms with van der Waals surface area (Å²) in [5, 5.41) is 0.636. The zero-order chi connectivity index (χ0) is 16.2. The third-order valence-corrected chi connectivity index (χ3v) is 4.32. The lowest BCUT2D eigenvalue weighted by Crippen LogP contribution is -2.32. The Hall–Kier alpha value is -2.07. The van der Waals surface area contributed by atoms with Crippen molar-refractivity contribution < 1.29 is 9.53 Å². The Balaban J connectivity index is 1.57. The van der Waals surface area contributed by atoms with Crippen LogP contribution in [-0.4, -0.2) is 35.0 Å². The van der Waals surface area contributed by atoms with Crippen LogP contribution in [0.25, 0.3) is 0 Å². The Morgan fingerprint density at radius 2 is 2.13 bits per heavy atom. The predicted molar refractivity (Wildman–Crippen MR) is 89.7 cm³/mol. The predicted octanol–water partition coefficient (Wildman–Crippen LogP) is 3.27. The Kier molecular flexibility index (Phi) is 4.82. The number of hydrogen-bond acceptors (Lipinski definition) is 3. The van der Waals surface area contributed by atoms with Crippen LogP contribution < -0.4 is 4.74 Å². The zero-order valence-corrected chi connectivity index (χ0v) is 13.8. The molecule has 4 nitrogen and oxygen atoms in total. The third kappa shape index (κ3) is 4.02. The molecule has 2 aromatic rings. The van der Waals surface area contributed by atoms with E-state index < -0.39 is 0 Å². The first-order chi connectivity index (χ1) is 11.1. The highest BCUT2D eigenvalue weighted by molar-refractivity contribution is 6.31. The van der Waals surface area contributed by atoms with E-state index in [2.05, 4.69) is 4.98 Å². The molecule has 0 radical (unpaired) electrons. The van der Waals surface area contributed by atoms with Gasteiger partial charge in [0.2, 0.25) is 11.8 Å². The number of halogens is 1. The van der Waals surface area contributed by atoms with Crippen molar-refractivity contribution in [1.82, 2.24) is 9.88 Å². The van der Waals surface area contributed by atoms with Gasteiger partial charge in [-0.1, -0.05) is 35.9 Å². The van der Waals surface area contributed by atoms with Gasteiger partial charge in [0.05, 0.1) is 13.0 Å². The Labute approximate surface area is 141 Å². The third-order valence-electron chi connectivity index (χ3n) is 3.95. The van der Waals surface area contributed by atoms with Crippen molar-refractivity contribution in [2.24, 2.45) is 0 Å². The zero-order valence-electron chi connectivity index (χ0n) is 13.0. The second-order valence-corrected chi connectivity index (χ2v) is 6.16. The molecule has 0 saturated carbocycles. The van der Waals surface area contributed by atoms with Gasteiger partial charge in [-0.25, -0.2) is 4.98 Å². The second-order valence-electron chi connectivity index (χ2n) is 5.75. The number of nitrogens with zero attached hydrogens (tertiary/aromatic N) is 2. The van der Waals surface area contributed by atoms with Crippen LogP contribution >= 0.6 is 11.6 Å². The Morgan fingerprint density at radius 3 is 2.91 bits per heavy atom. The normalized spacial score (nSPS) is 17.3. The SMILES string of the molecule is Cc1cccc(OC2CCN(C(=O)Cc3ccccc3Cl)C2)n1. The van der Waals surface area contributed by atoms with E-state index in [-0.39, 0.29) is 12.0 Å². The number of ether oxygens (including phenoxy) is 1. The minimum absolute atomic E-state index is 0.000467. The molecular weight excluding hydrogens is 312 g/mol. The molecule has 1 unspecified atom stereocenters. The molecule has 2 heterocycles. The summed E-state index contributed by atoms with van der Waals surface area (Å²) in [6.45, 7) is 3.24. The van der Waals surface area contributed by atoms with Crippen molar-refractivity contribution in [2.45, 2.75) is 25.9 Å². The van der Waals surface area contributed by atoms with Gasteiger partial charge in [0.25, 0.3) is 0 Å². The van der Waals surface area contributed by atoms with Crippen LogP contribution in [0.15, 0.2) is 42.5 Å². The first-order valence-corrected chi connectivity index (χ1v) is 8.11. The lowest BCUT2D eigenvalue weighted by atomic mass is 10.1. The molecule has 1 fully saturated rings. The number of amides is 1. The first kappa shape index (κ1) is 15.8. The molecule has 1 aliphatic heterocycles. The van der Waals surface area contributed by atoms with E-state index in [0.29, 0.717) is 30.4 Å². The number of benzene rings is 1. The van der Waals surface area contributed by atoms with Crippen LogP contribution in [0.2, 0.25) is 5.02 Å². The lowest BCUT2D eigenvalue weighted by molar-refractivity contribution is -0.129. The molecular formula is C18H19ClN2O2. The maximum absolute atomic E-state index is 12.4. The molecule has 0 spiro atoms. The number of hydrogen-bond donors (Lipinski definition) is 0. The molecule has 1 aliphatic rings. The molecule has 5 heteroatoms. The molecule has 1 aromatic heterocycles. The van der Waals surface area contributed by atoms with E-state index in [4.69, 9.17) is 16.3 Å². The average Bonchev–Trinajstić information content (AvgIpc) is 2.98. The molecule has 0 N–H and O–H groups in total. The van der Waals surface area contributed by atoms with Gasteiger partial charge in [0.1, 0.15) is 6.10 Å². The number of aromatic nitrogens is 1. The average molecular weight is 331 g/mol. The summed E-state index contributed by atoms with van der Waals surface area (Å²) in [6.07, 6.45) is 1.15. The maximum atomic E-state index is 12.4. The number of aryl methyl sites for hydroxylation is 1. The van der Waals surface area contributed by atoms with Crippen molar-refractivity contribution >= 4 is 17.5 Å². The monoisotopic (exact) mass is 330 g/mol. The van der Waals surface area contributed by atoms with Crippen molar-refractivity contribution in [1.29, 1.82) is 0 Å². The van der Waals surface area contributed by atoms with Crippen LogP contribution in [0.1, 0.15) is 17.7 Å². The van der Waals surface area contributed by atoms with E-state index in [1.165, 1.54) is 0 Å². The summed E-state index contributed by atoms with van der Waals surface area (Å²) >= 11 is 6.12. The fourth-order valence-electron chi connectivity index (χ4n) is 2.72. The number of rotatable bonds is 4. The van der Waals surface area contributed by atoms with E-state index in [1.807, 2.05) is 54.3 Å². The summed E-state index contributed by atoms with van der Waals surface area (Å²) in [5.41, 5.74) is 1.79. The lowest BCUT2D eigenvalue weighted by Gasteiger charge is -2.17. The van der Waals surface area contributed by atoms with E-state index in [1.54, 1.807) is 0 Å². The molecule has 23 heavy (non-hydrogen) atoms. The standard InChI is InChI=1S/C18H19ClN2O2/c1-13-5-4-8-17(20-13)23-15-9-10-21(12-15)18(22)11-14-6-2-3-7-16(14)19/h2-8,15H,9-12H2,1H3. The number of pyridine rings is 1. The Morgan fingerprint density at radius 1 is 1.30 bits per heavy atom. The van der Waals surface area contributed by atoms with Gasteiger partial charge in [0, 0.05) is 29.7 Å². The highest BCUT2D eigenvalue weighted by Gasteiger charge is 2.28. The first-order valence-electron chi connectivity index (χ1n) is 7.73. The fourth-order valence-corrected chi connectivity index (χ4v) is 2.92. The quantitative estimate of drug-likeness (QED) is 0.864. The molecule has 1 saturated heterocycles. The molecule has 0 bridgehead atoms. The highest BCUT2D eigenvalue weighted by atomic mass is 35.5. The number of carbonyl (C=O) groups excluding carboxylic acids is 1. The van der Waals surface area contributed by atoms with E-state index in [9.17, 15) is 4.79 Å². The van der Waals surface area contributed by atoms with Crippen LogP contribution in [0.4, 0.5) is 0 Å². The molecule has 0 aliphatic carbocycles. The van der Waals surface area contributed by atoms with Crippen LogP contribution in [0.5, 0.6) is 5.88 Å². The van der Waals surface area contributed by atoms with Gasteiger partial charge < -0.3 is 9.64 Å². The van der Waals surface area contributed by atoms with Crippen molar-refractivity contribution in [3.05, 3.63) is 58.7 Å². The van der Waals surface area contributed by atoms with Gasteiger partial charge in [-0.15, -0.1) is 0 Å². The highest BCUT2D eigenvalue weighted by Crippen LogP contribution is 2.20. The van der Waals surface area contributed by atoms with Crippen molar-refractivity contribution in [2.75, 3.05) is 13.1 Å². The summed E-state index contributed by atoms with van der Waals surface area (Å²) in [5.74, 6) is 0.705. The molecule has 3 rings (SSSR count). The molecule has 1 atom stereocenters. The largest absolute Gasteiger partial charge is 0.472 e. The number of likely N-dealkylation sites (tertiary alicyclic amines) is 1. The van der Waals surface area contributed by atoms with Gasteiger partial charge >= 0.3 is 0 Å². The van der Waals surface area contributed by atoms with Gasteiger partial charge in [-0.05, 0) is 24.6 Å². The topological polar surface area (TPSA) is 42.4 Å². The van der Waals surface area contributed by atoms with Crippen molar-refractivity contribution in [3.63, 3.8) is 0 Å². The van der Waals surface area contributed by atoms with Crippen LogP contribution in [-0.2, 0) is 11.2 Å². The fraction of sp³-hybridized carbons (Fsp3) is 0.333. The summed E-state index contributed by atoms with van der Waals surface area (Å²) in [7, 11) is 0. The van der Waals surface area contributed by atoms with Gasteiger partial charge in [-0.2, -0.15) is 0 Å². The van der Waals surface area contributed by atoms with E-state index in [0.717, 1.165) is 17.7 Å². The minimum Gasteiger partial charge on any atom is -0.472 e. The number of carbonyl (C=O) groups is 1. The summed E-state index contributed by atoms with van der Waals surface area (Å²) in [4.78, 5) is 18.6. The molecule has 1 amide bonds. The Bertz CT molecular complexity index is 705. The summed E-state index contributed by atoms with van der Waals surface area (Å²) < 4.78 is 5.88. The van der Waals surface area contributed by atoms with Crippen molar-refractivity contribution in [3.8, 4) is 5.88 Å². The summed E-state index contributed by atoms with van der Waals surface area (Å²) in [6, 6.07) is 13.2. The molecule has 1 aromatic carbocycles. The van der Waals surface area contributed by atoms with Gasteiger partial charge in [0.15, 0.2) is 0 Å². The minimum atomic E-state index is -0.000467. The smallest absolute Gasteiger partial charge is 0.227 e. The molecule has 120 valence electrons. The van der Waals surface area contributed by atoms with Crippen LogP contribution in [0, 0.1) is 6.92 Å². The van der Waals surface area contributed by atoms with Crippen LogP contribution in [0.3, 0.4) is 0 Å². The maximum Gasteiger partial charge on any atom is 0.227 e. The second kappa shape index (κ2) is 7.01. The van der Waals surface area contributed by atoms with Gasteiger partial charge in [-0.3, -0.25) is 4.79 Å². The van der Waals surface area contributed by atoms with E-state index >= 15 is 0 Å².